The molecule has 4 heteroatoms. The minimum atomic E-state index is -0.354. The van der Waals surface area contributed by atoms with Crippen molar-refractivity contribution < 1.29 is 9.53 Å². The molecule has 4 nitrogen and oxygen atoms in total. The summed E-state index contributed by atoms with van der Waals surface area (Å²) in [5.41, 5.74) is 0.798. The van der Waals surface area contributed by atoms with Crippen molar-refractivity contribution >= 4 is 12.0 Å². The van der Waals surface area contributed by atoms with Crippen molar-refractivity contribution in [2.24, 2.45) is 0 Å². The van der Waals surface area contributed by atoms with E-state index in [0.717, 1.165) is 5.69 Å². The third kappa shape index (κ3) is 2.26. The molecule has 1 aliphatic carbocycles. The maximum atomic E-state index is 10.8. The van der Waals surface area contributed by atoms with Crippen LogP contribution in [0, 0.1) is 0 Å². The predicted molar refractivity (Wildman–Crippen MR) is 56.2 cm³/mol. The summed E-state index contributed by atoms with van der Waals surface area (Å²) in [6.07, 6.45) is 10.6. The van der Waals surface area contributed by atoms with Crippen LogP contribution < -0.4 is 0 Å². The summed E-state index contributed by atoms with van der Waals surface area (Å²) < 4.78 is 6.61. The van der Waals surface area contributed by atoms with E-state index >= 15 is 0 Å². The first-order valence-corrected chi connectivity index (χ1v) is 5.09. The second-order valence-corrected chi connectivity index (χ2v) is 3.69. The van der Waals surface area contributed by atoms with Crippen LogP contribution in [0.5, 0.6) is 0 Å². The summed E-state index contributed by atoms with van der Waals surface area (Å²) in [7, 11) is 1.36. The van der Waals surface area contributed by atoms with Crippen molar-refractivity contribution in [3.63, 3.8) is 0 Å². The molecule has 0 radical (unpaired) electrons. The summed E-state index contributed by atoms with van der Waals surface area (Å²) in [6.45, 7) is 0. The van der Waals surface area contributed by atoms with E-state index in [1.807, 2.05) is 12.5 Å². The highest BCUT2D eigenvalue weighted by molar-refractivity contribution is 5.86. The second kappa shape index (κ2) is 4.29. The Morgan fingerprint density at radius 3 is 3.07 bits per heavy atom. The van der Waals surface area contributed by atoms with Gasteiger partial charge in [-0.05, 0) is 25.3 Å². The summed E-state index contributed by atoms with van der Waals surface area (Å²) in [5, 5.41) is 0. The Bertz CT molecular complexity index is 378. The average Bonchev–Trinajstić information content (AvgIpc) is 2.60. The number of hydrogen-bond acceptors (Lipinski definition) is 3. The molecule has 1 aliphatic rings. The smallest absolute Gasteiger partial charge is 0.330 e. The van der Waals surface area contributed by atoms with Gasteiger partial charge in [0.05, 0.1) is 19.1 Å². The molecule has 0 aliphatic heterocycles. The maximum Gasteiger partial charge on any atom is 0.330 e. The van der Waals surface area contributed by atoms with Crippen LogP contribution in [0.4, 0.5) is 0 Å². The van der Waals surface area contributed by atoms with Gasteiger partial charge >= 0.3 is 5.97 Å². The van der Waals surface area contributed by atoms with Crippen molar-refractivity contribution in [1.82, 2.24) is 9.55 Å². The Kier molecular flexibility index (Phi) is 2.85. The number of methoxy groups -OCH3 is 1. The zero-order valence-electron chi connectivity index (χ0n) is 8.72. The first-order valence-electron chi connectivity index (χ1n) is 5.09. The summed E-state index contributed by atoms with van der Waals surface area (Å²) in [6, 6.07) is 0.609. The first-order chi connectivity index (χ1) is 7.29. The number of carbonyl (C=O) groups excluding carboxylic acids is 1. The molecule has 0 amide bonds. The zero-order chi connectivity index (χ0) is 10.7. The fourth-order valence-electron chi connectivity index (χ4n) is 1.54. The highest BCUT2D eigenvalue weighted by Gasteiger charge is 2.18. The van der Waals surface area contributed by atoms with Crippen molar-refractivity contribution in [1.29, 1.82) is 0 Å². The van der Waals surface area contributed by atoms with E-state index in [1.165, 1.54) is 32.4 Å². The summed E-state index contributed by atoms with van der Waals surface area (Å²) >= 11 is 0. The van der Waals surface area contributed by atoms with E-state index in [9.17, 15) is 4.79 Å². The van der Waals surface area contributed by atoms with E-state index in [4.69, 9.17) is 0 Å². The van der Waals surface area contributed by atoms with E-state index in [1.54, 1.807) is 6.08 Å². The molecule has 1 saturated carbocycles. The summed E-state index contributed by atoms with van der Waals surface area (Å²) in [4.78, 5) is 15.0. The van der Waals surface area contributed by atoms with E-state index in [-0.39, 0.29) is 5.97 Å². The molecule has 1 aromatic rings. The number of nitrogens with zero attached hydrogens (tertiary/aromatic N) is 2. The molecule has 2 rings (SSSR count). The van der Waals surface area contributed by atoms with Crippen molar-refractivity contribution in [3.05, 3.63) is 24.3 Å². The van der Waals surface area contributed by atoms with Gasteiger partial charge in [0.15, 0.2) is 0 Å². The molecule has 0 spiro atoms. The lowest BCUT2D eigenvalue weighted by Crippen LogP contribution is -2.14. The lowest BCUT2D eigenvalue weighted by atomic mass is 9.93. The molecule has 0 unspecified atom stereocenters. The molecular weight excluding hydrogens is 192 g/mol. The molecule has 0 aromatic carbocycles. The van der Waals surface area contributed by atoms with Gasteiger partial charge in [0.2, 0.25) is 0 Å². The molecule has 0 atom stereocenters. The molecular formula is C11H14N2O2. The van der Waals surface area contributed by atoms with Crippen LogP contribution in [-0.4, -0.2) is 22.6 Å². The quantitative estimate of drug-likeness (QED) is 0.559. The van der Waals surface area contributed by atoms with Gasteiger partial charge < -0.3 is 9.30 Å². The van der Waals surface area contributed by atoms with Gasteiger partial charge in [0.25, 0.3) is 0 Å². The predicted octanol–water partition coefficient (Wildman–Crippen LogP) is 1.79. The fraction of sp³-hybridized carbons (Fsp3) is 0.455. The van der Waals surface area contributed by atoms with Crippen LogP contribution in [0.1, 0.15) is 31.0 Å². The second-order valence-electron chi connectivity index (χ2n) is 3.69. The Labute approximate surface area is 88.6 Å². The molecule has 1 fully saturated rings. The molecule has 1 aromatic heterocycles. The molecule has 0 N–H and O–H groups in total. The zero-order valence-corrected chi connectivity index (χ0v) is 8.72. The first kappa shape index (κ1) is 9.96. The van der Waals surface area contributed by atoms with E-state index in [0.29, 0.717) is 6.04 Å². The lowest BCUT2D eigenvalue weighted by Gasteiger charge is -2.26. The van der Waals surface area contributed by atoms with Gasteiger partial charge in [-0.2, -0.15) is 0 Å². The minimum Gasteiger partial charge on any atom is -0.466 e. The van der Waals surface area contributed by atoms with E-state index in [2.05, 4.69) is 14.3 Å². The third-order valence-electron chi connectivity index (χ3n) is 2.71. The van der Waals surface area contributed by atoms with Crippen LogP contribution in [0.15, 0.2) is 18.6 Å². The molecule has 80 valence electrons. The maximum absolute atomic E-state index is 10.8. The number of hydrogen-bond donors (Lipinski definition) is 0. The van der Waals surface area contributed by atoms with Gasteiger partial charge in [-0.15, -0.1) is 0 Å². The molecule has 0 bridgehead atoms. The van der Waals surface area contributed by atoms with Gasteiger partial charge in [-0.1, -0.05) is 0 Å². The van der Waals surface area contributed by atoms with Gasteiger partial charge in [0, 0.05) is 18.3 Å². The van der Waals surface area contributed by atoms with Crippen molar-refractivity contribution in [2.45, 2.75) is 25.3 Å². The number of aromatic nitrogens is 2. The minimum absolute atomic E-state index is 0.354. The fourth-order valence-corrected chi connectivity index (χ4v) is 1.54. The Morgan fingerprint density at radius 1 is 1.67 bits per heavy atom. The lowest BCUT2D eigenvalue weighted by molar-refractivity contribution is -0.134. The van der Waals surface area contributed by atoms with Gasteiger partial charge in [0.1, 0.15) is 0 Å². The van der Waals surface area contributed by atoms with Crippen LogP contribution in [0.25, 0.3) is 6.08 Å². The van der Waals surface area contributed by atoms with Crippen LogP contribution >= 0.6 is 0 Å². The topological polar surface area (TPSA) is 44.1 Å². The highest BCUT2D eigenvalue weighted by atomic mass is 16.5. The highest BCUT2D eigenvalue weighted by Crippen LogP contribution is 2.31. The normalized spacial score (nSPS) is 16.6. The monoisotopic (exact) mass is 206 g/mol. The number of carbonyl (C=O) groups is 1. The Hall–Kier alpha value is -1.58. The number of ether oxygens (including phenoxy) is 1. The standard InChI is InChI=1S/C11H14N2O2/c1-15-11(14)6-5-9-7-13(8-12-9)10-3-2-4-10/h5-8,10H,2-4H2,1H3/b6-5+. The Balaban J connectivity index is 2.00. The van der Waals surface area contributed by atoms with Crippen molar-refractivity contribution in [3.8, 4) is 0 Å². The van der Waals surface area contributed by atoms with Crippen LogP contribution in [0.3, 0.4) is 0 Å². The largest absolute Gasteiger partial charge is 0.466 e. The van der Waals surface area contributed by atoms with Gasteiger partial charge in [-0.3, -0.25) is 0 Å². The third-order valence-corrected chi connectivity index (χ3v) is 2.71. The molecule has 0 saturated heterocycles. The summed E-state index contributed by atoms with van der Waals surface area (Å²) in [5.74, 6) is -0.354. The number of esters is 1. The van der Waals surface area contributed by atoms with Gasteiger partial charge in [-0.25, -0.2) is 9.78 Å². The van der Waals surface area contributed by atoms with Crippen LogP contribution in [-0.2, 0) is 9.53 Å². The van der Waals surface area contributed by atoms with Crippen LogP contribution in [0.2, 0.25) is 0 Å². The molecule has 1 heterocycles. The van der Waals surface area contributed by atoms with E-state index < -0.39 is 0 Å². The Morgan fingerprint density at radius 2 is 2.47 bits per heavy atom. The average molecular weight is 206 g/mol. The number of rotatable bonds is 3. The SMILES string of the molecule is COC(=O)/C=C/c1cn(C2CCC2)cn1. The molecule has 15 heavy (non-hydrogen) atoms. The number of imidazole rings is 1. The van der Waals surface area contributed by atoms with Crippen molar-refractivity contribution in [2.75, 3.05) is 7.11 Å².